The molecular weight excluding hydrogens is 288 g/mol. The molecule has 0 aliphatic carbocycles. The fraction of sp³-hybridized carbons (Fsp3) is 0. The molecule has 0 radical (unpaired) electrons. The molecule has 1 amide bonds. The quantitative estimate of drug-likeness (QED) is 0.835. The molecule has 0 fully saturated rings. The predicted molar refractivity (Wildman–Crippen MR) is 70.8 cm³/mol. The molecule has 0 aliphatic heterocycles. The third kappa shape index (κ3) is 2.43. The Morgan fingerprint density at radius 1 is 1.38 bits per heavy atom. The van der Waals surface area contributed by atoms with Crippen LogP contribution in [0.15, 0.2) is 40.2 Å². The average molecular weight is 297 g/mol. The van der Waals surface area contributed by atoms with Gasteiger partial charge in [0.15, 0.2) is 0 Å². The van der Waals surface area contributed by atoms with Gasteiger partial charge in [-0.1, -0.05) is 6.07 Å². The first kappa shape index (κ1) is 11.2. The van der Waals surface area contributed by atoms with Crippen molar-refractivity contribution in [3.05, 3.63) is 45.1 Å². The number of carbonyl (C=O) groups is 1. The van der Waals surface area contributed by atoms with E-state index in [0.717, 1.165) is 4.47 Å². The monoisotopic (exact) mass is 296 g/mol. The first-order valence-corrected chi connectivity index (χ1v) is 6.24. The minimum absolute atomic E-state index is 0.124. The lowest BCUT2D eigenvalue weighted by molar-refractivity contribution is 0.103. The molecule has 3 nitrogen and oxygen atoms in total. The van der Waals surface area contributed by atoms with E-state index < -0.39 is 0 Å². The Morgan fingerprint density at radius 3 is 2.88 bits per heavy atom. The minimum Gasteiger partial charge on any atom is -0.399 e. The van der Waals surface area contributed by atoms with Crippen molar-refractivity contribution in [1.29, 1.82) is 0 Å². The number of hydrogen-bond acceptors (Lipinski definition) is 3. The van der Waals surface area contributed by atoms with E-state index in [0.29, 0.717) is 16.3 Å². The van der Waals surface area contributed by atoms with Crippen LogP contribution in [0.2, 0.25) is 0 Å². The van der Waals surface area contributed by atoms with Crippen LogP contribution >= 0.6 is 27.3 Å². The maximum Gasteiger partial charge on any atom is 0.265 e. The molecule has 0 bridgehead atoms. The van der Waals surface area contributed by atoms with Crippen LogP contribution in [-0.4, -0.2) is 5.91 Å². The zero-order valence-electron chi connectivity index (χ0n) is 8.24. The number of carbonyl (C=O) groups excluding carboxylic acids is 1. The molecule has 0 aliphatic rings. The van der Waals surface area contributed by atoms with Gasteiger partial charge in [0.05, 0.1) is 10.6 Å². The molecule has 82 valence electrons. The number of nitrogen functional groups attached to an aromatic ring is 1. The van der Waals surface area contributed by atoms with Crippen LogP contribution in [0.5, 0.6) is 0 Å². The van der Waals surface area contributed by atoms with Crippen molar-refractivity contribution in [2.24, 2.45) is 0 Å². The van der Waals surface area contributed by atoms with Crippen molar-refractivity contribution in [1.82, 2.24) is 0 Å². The van der Waals surface area contributed by atoms with Crippen molar-refractivity contribution in [3.8, 4) is 0 Å². The topological polar surface area (TPSA) is 55.1 Å². The fourth-order valence-corrected chi connectivity index (χ4v) is 2.20. The third-order valence-corrected chi connectivity index (χ3v) is 3.54. The molecule has 3 N–H and O–H groups in total. The molecule has 5 heteroatoms. The molecule has 1 aromatic heterocycles. The number of nitrogens with one attached hydrogen (secondary N) is 1. The number of anilines is 2. The molecule has 0 saturated carbocycles. The maximum atomic E-state index is 11.8. The summed E-state index contributed by atoms with van der Waals surface area (Å²) in [5.74, 6) is -0.124. The number of amides is 1. The average Bonchev–Trinajstić information content (AvgIpc) is 2.76. The van der Waals surface area contributed by atoms with E-state index >= 15 is 0 Å². The summed E-state index contributed by atoms with van der Waals surface area (Å²) in [5, 5.41) is 4.66. The highest BCUT2D eigenvalue weighted by atomic mass is 79.9. The third-order valence-electron chi connectivity index (χ3n) is 1.98. The number of nitrogens with two attached hydrogens (primary N) is 1. The number of thiophene rings is 1. The number of rotatable bonds is 2. The van der Waals surface area contributed by atoms with Gasteiger partial charge in [-0.05, 0) is 45.6 Å². The molecule has 0 spiro atoms. The van der Waals surface area contributed by atoms with Gasteiger partial charge in [-0.3, -0.25) is 4.79 Å². The summed E-state index contributed by atoms with van der Waals surface area (Å²) in [6, 6.07) is 8.91. The lowest BCUT2D eigenvalue weighted by Gasteiger charge is -2.06. The van der Waals surface area contributed by atoms with Gasteiger partial charge in [0.25, 0.3) is 5.91 Å². The van der Waals surface area contributed by atoms with E-state index in [1.807, 2.05) is 11.4 Å². The van der Waals surface area contributed by atoms with E-state index in [9.17, 15) is 4.79 Å². The van der Waals surface area contributed by atoms with Crippen LogP contribution in [0.25, 0.3) is 0 Å². The Kier molecular flexibility index (Phi) is 3.26. The van der Waals surface area contributed by atoms with E-state index in [2.05, 4.69) is 21.2 Å². The molecular formula is C11H9BrN2OS. The molecule has 0 unspecified atom stereocenters. The minimum atomic E-state index is -0.124. The lowest BCUT2D eigenvalue weighted by atomic mass is 10.3. The summed E-state index contributed by atoms with van der Waals surface area (Å²) in [7, 11) is 0. The molecule has 16 heavy (non-hydrogen) atoms. The molecule has 1 heterocycles. The van der Waals surface area contributed by atoms with Crippen molar-refractivity contribution >= 4 is 44.5 Å². The standard InChI is InChI=1S/C11H9BrN2OS/c12-8-4-3-7(13)6-9(8)14-11(15)10-2-1-5-16-10/h1-6H,13H2,(H,14,15). The first-order chi connectivity index (χ1) is 7.66. The van der Waals surface area contributed by atoms with Crippen molar-refractivity contribution < 1.29 is 4.79 Å². The van der Waals surface area contributed by atoms with E-state index in [1.165, 1.54) is 11.3 Å². The van der Waals surface area contributed by atoms with Crippen LogP contribution in [0.3, 0.4) is 0 Å². The van der Waals surface area contributed by atoms with Gasteiger partial charge < -0.3 is 11.1 Å². The normalized spacial score (nSPS) is 10.1. The largest absolute Gasteiger partial charge is 0.399 e. The summed E-state index contributed by atoms with van der Waals surface area (Å²) in [5.41, 5.74) is 6.95. The van der Waals surface area contributed by atoms with Gasteiger partial charge in [0.2, 0.25) is 0 Å². The predicted octanol–water partition coefficient (Wildman–Crippen LogP) is 3.35. The fourth-order valence-electron chi connectivity index (χ4n) is 1.23. The van der Waals surface area contributed by atoms with Crippen molar-refractivity contribution in [2.75, 3.05) is 11.1 Å². The van der Waals surface area contributed by atoms with Crippen LogP contribution < -0.4 is 11.1 Å². The highest BCUT2D eigenvalue weighted by molar-refractivity contribution is 9.10. The van der Waals surface area contributed by atoms with E-state index in [1.54, 1.807) is 24.3 Å². The molecule has 2 aromatic rings. The highest BCUT2D eigenvalue weighted by Gasteiger charge is 2.08. The van der Waals surface area contributed by atoms with Crippen LogP contribution in [-0.2, 0) is 0 Å². The molecule has 2 rings (SSSR count). The second kappa shape index (κ2) is 4.67. The molecule has 0 saturated heterocycles. The Morgan fingerprint density at radius 2 is 2.19 bits per heavy atom. The van der Waals surface area contributed by atoms with Crippen molar-refractivity contribution in [2.45, 2.75) is 0 Å². The summed E-state index contributed by atoms with van der Waals surface area (Å²) in [4.78, 5) is 12.5. The van der Waals surface area contributed by atoms with Gasteiger partial charge in [-0.25, -0.2) is 0 Å². The van der Waals surface area contributed by atoms with Gasteiger partial charge in [-0.2, -0.15) is 0 Å². The second-order valence-corrected chi connectivity index (χ2v) is 4.97. The van der Waals surface area contributed by atoms with Crippen molar-refractivity contribution in [3.63, 3.8) is 0 Å². The number of benzene rings is 1. The Balaban J connectivity index is 2.21. The SMILES string of the molecule is Nc1ccc(Br)c(NC(=O)c2cccs2)c1. The Bertz CT molecular complexity index is 511. The number of hydrogen-bond donors (Lipinski definition) is 2. The first-order valence-electron chi connectivity index (χ1n) is 4.56. The van der Waals surface area contributed by atoms with Gasteiger partial charge in [-0.15, -0.1) is 11.3 Å². The summed E-state index contributed by atoms with van der Waals surface area (Å²) in [6.07, 6.45) is 0. The summed E-state index contributed by atoms with van der Waals surface area (Å²) < 4.78 is 0.812. The van der Waals surface area contributed by atoms with E-state index in [4.69, 9.17) is 5.73 Å². The lowest BCUT2D eigenvalue weighted by Crippen LogP contribution is -2.10. The summed E-state index contributed by atoms with van der Waals surface area (Å²) >= 11 is 4.76. The number of halogens is 1. The highest BCUT2D eigenvalue weighted by Crippen LogP contribution is 2.25. The molecule has 0 atom stereocenters. The smallest absolute Gasteiger partial charge is 0.265 e. The Labute approximate surface area is 105 Å². The molecule has 1 aromatic carbocycles. The van der Waals surface area contributed by atoms with E-state index in [-0.39, 0.29) is 5.91 Å². The second-order valence-electron chi connectivity index (χ2n) is 3.17. The zero-order valence-corrected chi connectivity index (χ0v) is 10.6. The van der Waals surface area contributed by atoms with Gasteiger partial charge in [0, 0.05) is 10.2 Å². The Hall–Kier alpha value is -1.33. The van der Waals surface area contributed by atoms with Gasteiger partial charge in [0.1, 0.15) is 0 Å². The van der Waals surface area contributed by atoms with Gasteiger partial charge >= 0.3 is 0 Å². The maximum absolute atomic E-state index is 11.8. The van der Waals surface area contributed by atoms with Crippen LogP contribution in [0.1, 0.15) is 9.67 Å². The summed E-state index contributed by atoms with van der Waals surface area (Å²) in [6.45, 7) is 0. The van der Waals surface area contributed by atoms with Crippen LogP contribution in [0, 0.1) is 0 Å². The van der Waals surface area contributed by atoms with Crippen LogP contribution in [0.4, 0.5) is 11.4 Å². The zero-order chi connectivity index (χ0) is 11.5.